The molecule has 0 spiro atoms. The smallest absolute Gasteiger partial charge is 0.130 e. The van der Waals surface area contributed by atoms with Gasteiger partial charge in [0.05, 0.1) is 0 Å². The lowest BCUT2D eigenvalue weighted by molar-refractivity contribution is 0.476. The van der Waals surface area contributed by atoms with Gasteiger partial charge in [0.2, 0.25) is 0 Å². The van der Waals surface area contributed by atoms with Crippen molar-refractivity contribution in [2.75, 3.05) is 0 Å². The molecule has 0 aliphatic carbocycles. The Morgan fingerprint density at radius 1 is 0.875 bits per heavy atom. The predicted molar refractivity (Wildman–Crippen MR) is 62.4 cm³/mol. The average molecular weight is 216 g/mol. The molecule has 0 bridgehead atoms. The molecular weight excluding hydrogens is 203 g/mol. The molecule has 82 valence electrons. The van der Waals surface area contributed by atoms with Crippen molar-refractivity contribution in [3.8, 4) is 11.5 Å². The molecule has 0 saturated heterocycles. The molecule has 1 nitrogen and oxygen atoms in total. The molecule has 16 heavy (non-hydrogen) atoms. The van der Waals surface area contributed by atoms with Crippen molar-refractivity contribution in [3.63, 3.8) is 0 Å². The summed E-state index contributed by atoms with van der Waals surface area (Å²) < 4.78 is 18.8. The van der Waals surface area contributed by atoms with E-state index in [-0.39, 0.29) is 5.82 Å². The minimum absolute atomic E-state index is 0.246. The number of ether oxygens (including phenoxy) is 1. The Kier molecular flexibility index (Phi) is 2.91. The normalized spacial score (nSPS) is 10.2. The van der Waals surface area contributed by atoms with E-state index in [1.54, 1.807) is 19.1 Å². The molecule has 0 heterocycles. The number of hydrogen-bond donors (Lipinski definition) is 0. The highest BCUT2D eigenvalue weighted by Crippen LogP contribution is 2.23. The Labute approximate surface area is 94.5 Å². The van der Waals surface area contributed by atoms with Crippen molar-refractivity contribution in [2.24, 2.45) is 0 Å². The molecule has 2 aromatic carbocycles. The summed E-state index contributed by atoms with van der Waals surface area (Å²) in [6, 6.07) is 12.5. The van der Waals surface area contributed by atoms with E-state index in [0.29, 0.717) is 17.1 Å². The van der Waals surface area contributed by atoms with E-state index >= 15 is 0 Å². The van der Waals surface area contributed by atoms with Gasteiger partial charge < -0.3 is 4.74 Å². The summed E-state index contributed by atoms with van der Waals surface area (Å²) in [5.74, 6) is 0.991. The van der Waals surface area contributed by atoms with Crippen LogP contribution in [0.2, 0.25) is 0 Å². The molecule has 0 unspecified atom stereocenters. The van der Waals surface area contributed by atoms with E-state index in [9.17, 15) is 4.39 Å². The van der Waals surface area contributed by atoms with Crippen molar-refractivity contribution in [1.82, 2.24) is 0 Å². The van der Waals surface area contributed by atoms with Crippen molar-refractivity contribution in [1.29, 1.82) is 0 Å². The first-order chi connectivity index (χ1) is 7.65. The molecule has 0 aliphatic rings. The maximum absolute atomic E-state index is 13.3. The predicted octanol–water partition coefficient (Wildman–Crippen LogP) is 4.23. The fourth-order valence-electron chi connectivity index (χ4n) is 1.38. The molecule has 0 radical (unpaired) electrons. The lowest BCUT2D eigenvalue weighted by Crippen LogP contribution is -1.87. The van der Waals surface area contributed by atoms with Gasteiger partial charge >= 0.3 is 0 Å². The van der Waals surface area contributed by atoms with Crippen LogP contribution in [-0.4, -0.2) is 0 Å². The van der Waals surface area contributed by atoms with E-state index in [1.165, 1.54) is 11.6 Å². The van der Waals surface area contributed by atoms with Gasteiger partial charge in [-0.2, -0.15) is 0 Å². The first-order valence-electron chi connectivity index (χ1n) is 5.16. The Morgan fingerprint density at radius 2 is 1.50 bits per heavy atom. The third kappa shape index (κ3) is 2.40. The number of halogens is 1. The number of rotatable bonds is 2. The van der Waals surface area contributed by atoms with E-state index in [4.69, 9.17) is 4.74 Å². The van der Waals surface area contributed by atoms with Gasteiger partial charge in [0, 0.05) is 6.07 Å². The molecule has 2 aromatic rings. The lowest BCUT2D eigenvalue weighted by Gasteiger charge is -2.06. The van der Waals surface area contributed by atoms with Crippen LogP contribution in [0.3, 0.4) is 0 Å². The first-order valence-corrected chi connectivity index (χ1v) is 5.16. The van der Waals surface area contributed by atoms with Crippen LogP contribution < -0.4 is 4.74 Å². The van der Waals surface area contributed by atoms with Gasteiger partial charge in [0.25, 0.3) is 0 Å². The molecule has 2 rings (SSSR count). The van der Waals surface area contributed by atoms with Gasteiger partial charge in [-0.25, -0.2) is 4.39 Å². The highest BCUT2D eigenvalue weighted by molar-refractivity contribution is 5.34. The van der Waals surface area contributed by atoms with Gasteiger partial charge in [-0.1, -0.05) is 23.8 Å². The molecule has 0 N–H and O–H groups in total. The summed E-state index contributed by atoms with van der Waals surface area (Å²) in [5, 5.41) is 0. The van der Waals surface area contributed by atoms with Crippen molar-refractivity contribution < 1.29 is 9.13 Å². The topological polar surface area (TPSA) is 9.23 Å². The van der Waals surface area contributed by atoms with E-state index in [0.717, 1.165) is 0 Å². The summed E-state index contributed by atoms with van der Waals surface area (Å²) in [6.07, 6.45) is 0. The standard InChI is InChI=1S/C14H13FO/c1-10-3-6-12(7-4-10)16-13-8-5-11(2)14(15)9-13/h3-9H,1-2H3. The minimum Gasteiger partial charge on any atom is -0.457 e. The van der Waals surface area contributed by atoms with Crippen LogP contribution in [0.25, 0.3) is 0 Å². The lowest BCUT2D eigenvalue weighted by atomic mass is 10.2. The first kappa shape index (κ1) is 10.7. The average Bonchev–Trinajstić information content (AvgIpc) is 2.27. The number of hydrogen-bond acceptors (Lipinski definition) is 1. The van der Waals surface area contributed by atoms with Crippen LogP contribution in [-0.2, 0) is 0 Å². The SMILES string of the molecule is Cc1ccc(Oc2ccc(C)c(F)c2)cc1. The molecular formula is C14H13FO. The van der Waals surface area contributed by atoms with Crippen LogP contribution in [0.5, 0.6) is 11.5 Å². The van der Waals surface area contributed by atoms with Gasteiger partial charge in [-0.3, -0.25) is 0 Å². The van der Waals surface area contributed by atoms with E-state index in [2.05, 4.69) is 0 Å². The van der Waals surface area contributed by atoms with Crippen LogP contribution >= 0.6 is 0 Å². The second-order valence-corrected chi connectivity index (χ2v) is 3.83. The van der Waals surface area contributed by atoms with Crippen LogP contribution in [0, 0.1) is 19.7 Å². The molecule has 0 amide bonds. The molecule has 0 aromatic heterocycles. The fraction of sp³-hybridized carbons (Fsp3) is 0.143. The monoisotopic (exact) mass is 216 g/mol. The molecule has 0 fully saturated rings. The van der Waals surface area contributed by atoms with E-state index in [1.807, 2.05) is 31.2 Å². The Balaban J connectivity index is 2.20. The van der Waals surface area contributed by atoms with Gasteiger partial charge in [-0.15, -0.1) is 0 Å². The third-order valence-electron chi connectivity index (χ3n) is 2.40. The summed E-state index contributed by atoms with van der Waals surface area (Å²) in [5.41, 5.74) is 1.79. The highest BCUT2D eigenvalue weighted by Gasteiger charge is 2.01. The molecule has 0 atom stereocenters. The molecule has 0 aliphatic heterocycles. The Hall–Kier alpha value is -1.83. The van der Waals surface area contributed by atoms with E-state index < -0.39 is 0 Å². The van der Waals surface area contributed by atoms with Crippen molar-refractivity contribution in [3.05, 3.63) is 59.4 Å². The highest BCUT2D eigenvalue weighted by atomic mass is 19.1. The number of benzene rings is 2. The summed E-state index contributed by atoms with van der Waals surface area (Å²) in [4.78, 5) is 0. The fourth-order valence-corrected chi connectivity index (χ4v) is 1.38. The maximum Gasteiger partial charge on any atom is 0.130 e. The van der Waals surface area contributed by atoms with Crippen LogP contribution in [0.1, 0.15) is 11.1 Å². The summed E-state index contributed by atoms with van der Waals surface area (Å²) >= 11 is 0. The minimum atomic E-state index is -0.246. The zero-order valence-corrected chi connectivity index (χ0v) is 9.33. The quantitative estimate of drug-likeness (QED) is 0.729. The zero-order valence-electron chi connectivity index (χ0n) is 9.33. The Morgan fingerprint density at radius 3 is 2.12 bits per heavy atom. The summed E-state index contributed by atoms with van der Waals surface area (Å²) in [7, 11) is 0. The second kappa shape index (κ2) is 4.35. The zero-order chi connectivity index (χ0) is 11.5. The maximum atomic E-state index is 13.3. The molecule has 0 saturated carbocycles. The third-order valence-corrected chi connectivity index (χ3v) is 2.40. The van der Waals surface area contributed by atoms with Gasteiger partial charge in [0.15, 0.2) is 0 Å². The van der Waals surface area contributed by atoms with Crippen molar-refractivity contribution >= 4 is 0 Å². The van der Waals surface area contributed by atoms with Crippen molar-refractivity contribution in [2.45, 2.75) is 13.8 Å². The van der Waals surface area contributed by atoms with Crippen LogP contribution in [0.4, 0.5) is 4.39 Å². The summed E-state index contributed by atoms with van der Waals surface area (Å²) in [6.45, 7) is 3.74. The molecule has 2 heteroatoms. The second-order valence-electron chi connectivity index (χ2n) is 3.83. The van der Waals surface area contributed by atoms with Crippen LogP contribution in [0.15, 0.2) is 42.5 Å². The number of aryl methyl sites for hydroxylation is 2. The van der Waals surface area contributed by atoms with Gasteiger partial charge in [0.1, 0.15) is 17.3 Å². The van der Waals surface area contributed by atoms with Gasteiger partial charge in [-0.05, 0) is 37.6 Å². The largest absolute Gasteiger partial charge is 0.457 e. The Bertz CT molecular complexity index is 489.